The summed E-state index contributed by atoms with van der Waals surface area (Å²) in [5.41, 5.74) is 0.208. The second-order valence-corrected chi connectivity index (χ2v) is 2.94. The van der Waals surface area contributed by atoms with Crippen molar-refractivity contribution < 1.29 is 14.3 Å². The van der Waals surface area contributed by atoms with Crippen molar-refractivity contribution in [3.63, 3.8) is 0 Å². The zero-order valence-electron chi connectivity index (χ0n) is 7.78. The van der Waals surface area contributed by atoms with Crippen molar-refractivity contribution in [1.29, 1.82) is 0 Å². The first kappa shape index (κ1) is 9.80. The van der Waals surface area contributed by atoms with Crippen LogP contribution in [0.1, 0.15) is 23.0 Å². The van der Waals surface area contributed by atoms with E-state index in [9.17, 15) is 4.79 Å². The molecule has 1 N–H and O–H groups in total. The Bertz CT molecular complexity index is 293. The molecular formula is C9H13NO3. The van der Waals surface area contributed by atoms with Gasteiger partial charge in [0.25, 0.3) is 0 Å². The number of nitrogens with zero attached hydrogens (tertiary/aromatic N) is 1. The van der Waals surface area contributed by atoms with Crippen LogP contribution in [0.3, 0.4) is 0 Å². The summed E-state index contributed by atoms with van der Waals surface area (Å²) in [6.45, 7) is 3.58. The van der Waals surface area contributed by atoms with Gasteiger partial charge in [-0.1, -0.05) is 6.92 Å². The van der Waals surface area contributed by atoms with Gasteiger partial charge >= 0.3 is 5.97 Å². The summed E-state index contributed by atoms with van der Waals surface area (Å²) >= 11 is 0. The van der Waals surface area contributed by atoms with Gasteiger partial charge in [-0.3, -0.25) is 4.90 Å². The van der Waals surface area contributed by atoms with Gasteiger partial charge < -0.3 is 9.52 Å². The molecule has 0 amide bonds. The van der Waals surface area contributed by atoms with Crippen molar-refractivity contribution in [3.8, 4) is 0 Å². The fourth-order valence-corrected chi connectivity index (χ4v) is 0.954. The summed E-state index contributed by atoms with van der Waals surface area (Å²) in [4.78, 5) is 12.5. The van der Waals surface area contributed by atoms with Crippen molar-refractivity contribution in [3.05, 3.63) is 23.7 Å². The van der Waals surface area contributed by atoms with Crippen molar-refractivity contribution >= 4 is 5.97 Å². The molecule has 0 saturated carbocycles. The highest BCUT2D eigenvalue weighted by Gasteiger charge is 2.08. The molecule has 4 nitrogen and oxygen atoms in total. The molecule has 0 aliphatic heterocycles. The quantitative estimate of drug-likeness (QED) is 0.767. The molecule has 0 radical (unpaired) electrons. The van der Waals surface area contributed by atoms with Crippen molar-refractivity contribution in [2.24, 2.45) is 0 Å². The first-order valence-corrected chi connectivity index (χ1v) is 4.12. The van der Waals surface area contributed by atoms with E-state index < -0.39 is 5.97 Å². The summed E-state index contributed by atoms with van der Waals surface area (Å²) in [6, 6.07) is 1.55. The Kier molecular flexibility index (Phi) is 3.08. The Balaban J connectivity index is 2.64. The molecule has 0 bridgehead atoms. The van der Waals surface area contributed by atoms with Crippen LogP contribution >= 0.6 is 0 Å². The number of aromatic carboxylic acids is 1. The highest BCUT2D eigenvalue weighted by Crippen LogP contribution is 2.09. The predicted octanol–water partition coefficient (Wildman–Crippen LogP) is 1.43. The van der Waals surface area contributed by atoms with Crippen molar-refractivity contribution in [2.45, 2.75) is 13.5 Å². The fraction of sp³-hybridized carbons (Fsp3) is 0.444. The van der Waals surface area contributed by atoms with E-state index >= 15 is 0 Å². The highest BCUT2D eigenvalue weighted by atomic mass is 16.4. The molecule has 0 spiro atoms. The lowest BCUT2D eigenvalue weighted by Crippen LogP contribution is -2.16. The van der Waals surface area contributed by atoms with Gasteiger partial charge in [-0.25, -0.2) is 4.79 Å². The lowest BCUT2D eigenvalue weighted by molar-refractivity contribution is 0.0696. The number of carboxylic acids is 1. The summed E-state index contributed by atoms with van der Waals surface area (Å²) in [5.74, 6) is -0.268. The number of hydrogen-bond acceptors (Lipinski definition) is 3. The van der Waals surface area contributed by atoms with Crippen LogP contribution in [0.5, 0.6) is 0 Å². The number of rotatable bonds is 4. The molecule has 0 fully saturated rings. The fourth-order valence-electron chi connectivity index (χ4n) is 0.954. The van der Waals surface area contributed by atoms with Gasteiger partial charge in [0, 0.05) is 0 Å². The van der Waals surface area contributed by atoms with E-state index in [2.05, 4.69) is 0 Å². The zero-order chi connectivity index (χ0) is 9.84. The Morgan fingerprint density at radius 2 is 2.38 bits per heavy atom. The minimum atomic E-state index is -0.950. The summed E-state index contributed by atoms with van der Waals surface area (Å²) in [5, 5.41) is 8.62. The van der Waals surface area contributed by atoms with Crippen LogP contribution < -0.4 is 0 Å². The minimum Gasteiger partial charge on any atom is -0.478 e. The molecule has 72 valence electrons. The normalized spacial score (nSPS) is 10.7. The van der Waals surface area contributed by atoms with Gasteiger partial charge in [0.05, 0.1) is 12.1 Å². The van der Waals surface area contributed by atoms with Gasteiger partial charge in [0.15, 0.2) is 0 Å². The lowest BCUT2D eigenvalue weighted by Gasteiger charge is -2.10. The molecule has 4 heteroatoms. The van der Waals surface area contributed by atoms with E-state index in [0.29, 0.717) is 12.3 Å². The molecule has 1 rings (SSSR count). The van der Waals surface area contributed by atoms with Gasteiger partial charge in [0.2, 0.25) is 0 Å². The number of carbonyl (C=O) groups is 1. The van der Waals surface area contributed by atoms with Crippen LogP contribution in [-0.2, 0) is 6.54 Å². The smallest absolute Gasteiger partial charge is 0.338 e. The maximum absolute atomic E-state index is 10.5. The van der Waals surface area contributed by atoms with Crippen molar-refractivity contribution in [2.75, 3.05) is 13.6 Å². The summed E-state index contributed by atoms with van der Waals surface area (Å²) in [6.07, 6.45) is 1.27. The molecule has 1 heterocycles. The van der Waals surface area contributed by atoms with E-state index in [-0.39, 0.29) is 5.56 Å². The Hall–Kier alpha value is -1.29. The topological polar surface area (TPSA) is 53.7 Å². The first-order valence-electron chi connectivity index (χ1n) is 4.12. The van der Waals surface area contributed by atoms with Gasteiger partial charge in [0.1, 0.15) is 12.0 Å². The van der Waals surface area contributed by atoms with Crippen LogP contribution in [0.2, 0.25) is 0 Å². The molecular weight excluding hydrogens is 170 g/mol. The number of hydrogen-bond donors (Lipinski definition) is 1. The molecule has 0 aromatic carbocycles. The van der Waals surface area contributed by atoms with Crippen LogP contribution in [0, 0.1) is 0 Å². The van der Waals surface area contributed by atoms with E-state index in [1.165, 1.54) is 6.26 Å². The molecule has 1 aromatic rings. The highest BCUT2D eigenvalue weighted by molar-refractivity contribution is 5.87. The summed E-state index contributed by atoms with van der Waals surface area (Å²) in [7, 11) is 1.95. The Labute approximate surface area is 76.8 Å². The third kappa shape index (κ3) is 2.59. The van der Waals surface area contributed by atoms with E-state index in [1.807, 2.05) is 18.9 Å². The maximum atomic E-state index is 10.5. The second-order valence-electron chi connectivity index (χ2n) is 2.94. The maximum Gasteiger partial charge on any atom is 0.338 e. The van der Waals surface area contributed by atoms with Crippen molar-refractivity contribution in [1.82, 2.24) is 4.90 Å². The molecule has 1 aromatic heterocycles. The van der Waals surface area contributed by atoms with E-state index in [1.54, 1.807) is 6.07 Å². The predicted molar refractivity (Wildman–Crippen MR) is 47.7 cm³/mol. The van der Waals surface area contributed by atoms with E-state index in [4.69, 9.17) is 9.52 Å². The molecule has 0 atom stereocenters. The van der Waals surface area contributed by atoms with Crippen LogP contribution in [0.4, 0.5) is 0 Å². The Morgan fingerprint density at radius 3 is 2.85 bits per heavy atom. The molecule has 0 unspecified atom stereocenters. The molecule has 0 aliphatic rings. The minimum absolute atomic E-state index is 0.208. The van der Waals surface area contributed by atoms with Gasteiger partial charge in [-0.15, -0.1) is 0 Å². The largest absolute Gasteiger partial charge is 0.478 e. The molecule has 0 aliphatic carbocycles. The number of furan rings is 1. The first-order chi connectivity index (χ1) is 6.13. The lowest BCUT2D eigenvalue weighted by atomic mass is 10.3. The zero-order valence-corrected chi connectivity index (χ0v) is 7.78. The standard InChI is InChI=1S/C9H13NO3/c1-3-10(2)5-8-4-7(6-13-8)9(11)12/h4,6H,3,5H2,1-2H3,(H,11,12). The Morgan fingerprint density at radius 1 is 1.69 bits per heavy atom. The number of carboxylic acid groups (broad SMARTS) is 1. The third-order valence-electron chi connectivity index (χ3n) is 1.87. The molecule has 13 heavy (non-hydrogen) atoms. The third-order valence-corrected chi connectivity index (χ3v) is 1.87. The summed E-state index contributed by atoms with van der Waals surface area (Å²) < 4.78 is 5.08. The van der Waals surface area contributed by atoms with Gasteiger partial charge in [-0.05, 0) is 19.7 Å². The SMILES string of the molecule is CCN(C)Cc1cc(C(=O)O)co1. The van der Waals surface area contributed by atoms with Crippen LogP contribution in [0.25, 0.3) is 0 Å². The average molecular weight is 183 g/mol. The van der Waals surface area contributed by atoms with Crippen LogP contribution in [-0.4, -0.2) is 29.6 Å². The van der Waals surface area contributed by atoms with E-state index in [0.717, 1.165) is 6.54 Å². The average Bonchev–Trinajstić information content (AvgIpc) is 2.52. The monoisotopic (exact) mass is 183 g/mol. The van der Waals surface area contributed by atoms with Gasteiger partial charge in [-0.2, -0.15) is 0 Å². The molecule has 0 saturated heterocycles. The van der Waals surface area contributed by atoms with Crippen LogP contribution in [0.15, 0.2) is 16.7 Å². The second kappa shape index (κ2) is 4.09.